The Morgan fingerprint density at radius 3 is 2.69 bits per heavy atom. The van der Waals surface area contributed by atoms with Crippen LogP contribution in [0.5, 0.6) is 5.75 Å². The van der Waals surface area contributed by atoms with Crippen LogP contribution in [-0.4, -0.2) is 26.7 Å². The molecular formula is C13H22N2O. The molecule has 1 aromatic carbocycles. The molecule has 3 heteroatoms. The lowest BCUT2D eigenvalue weighted by Crippen LogP contribution is -2.26. The molecular weight excluding hydrogens is 200 g/mol. The maximum Gasteiger partial charge on any atom is 0.121 e. The van der Waals surface area contributed by atoms with Crippen LogP contribution >= 0.6 is 0 Å². The maximum atomic E-state index is 5.84. The molecule has 1 aromatic rings. The zero-order valence-electron chi connectivity index (χ0n) is 10.4. The molecule has 0 aliphatic rings. The molecule has 0 saturated carbocycles. The molecule has 1 rings (SSSR count). The number of hydrogen-bond donors (Lipinski definition) is 1. The molecule has 0 saturated heterocycles. The fraction of sp³-hybridized carbons (Fsp3) is 0.538. The molecule has 16 heavy (non-hydrogen) atoms. The highest BCUT2D eigenvalue weighted by atomic mass is 16.5. The lowest BCUT2D eigenvalue weighted by Gasteiger charge is -2.19. The first-order chi connectivity index (χ1) is 7.67. The van der Waals surface area contributed by atoms with Crippen LogP contribution < -0.4 is 15.4 Å². The Kier molecular flexibility index (Phi) is 5.12. The van der Waals surface area contributed by atoms with Gasteiger partial charge in [-0.1, -0.05) is 19.4 Å². The van der Waals surface area contributed by atoms with Gasteiger partial charge >= 0.3 is 0 Å². The van der Waals surface area contributed by atoms with E-state index in [2.05, 4.69) is 17.9 Å². The summed E-state index contributed by atoms with van der Waals surface area (Å²) in [4.78, 5) is 2.06. The van der Waals surface area contributed by atoms with Crippen molar-refractivity contribution in [1.82, 2.24) is 0 Å². The Labute approximate surface area is 98.2 Å². The molecule has 0 heterocycles. The number of anilines is 1. The second-order valence-electron chi connectivity index (χ2n) is 4.16. The summed E-state index contributed by atoms with van der Waals surface area (Å²) in [5.41, 5.74) is 6.81. The van der Waals surface area contributed by atoms with Gasteiger partial charge in [-0.05, 0) is 18.6 Å². The van der Waals surface area contributed by atoms with E-state index in [4.69, 9.17) is 10.5 Å². The van der Waals surface area contributed by atoms with Crippen molar-refractivity contribution in [3.63, 3.8) is 0 Å². The van der Waals surface area contributed by atoms with Crippen LogP contribution in [-0.2, 0) is 0 Å². The van der Waals surface area contributed by atoms with Gasteiger partial charge in [-0.3, -0.25) is 0 Å². The first-order valence-electron chi connectivity index (χ1n) is 5.81. The van der Waals surface area contributed by atoms with Gasteiger partial charge < -0.3 is 15.4 Å². The van der Waals surface area contributed by atoms with Gasteiger partial charge in [0.15, 0.2) is 0 Å². The summed E-state index contributed by atoms with van der Waals surface area (Å²) in [6, 6.07) is 8.08. The topological polar surface area (TPSA) is 38.5 Å². The summed E-state index contributed by atoms with van der Waals surface area (Å²) in [7, 11) is 4.04. The summed E-state index contributed by atoms with van der Waals surface area (Å²) in [6.45, 7) is 2.71. The monoisotopic (exact) mass is 222 g/mol. The van der Waals surface area contributed by atoms with Gasteiger partial charge in [0.25, 0.3) is 0 Å². The number of nitrogens with two attached hydrogens (primary N) is 1. The fourth-order valence-electron chi connectivity index (χ4n) is 1.57. The van der Waals surface area contributed by atoms with E-state index in [1.807, 2.05) is 32.3 Å². The Morgan fingerprint density at radius 1 is 1.38 bits per heavy atom. The molecule has 90 valence electrons. The average Bonchev–Trinajstić information content (AvgIpc) is 2.29. The first-order valence-corrected chi connectivity index (χ1v) is 5.81. The third-order valence-electron chi connectivity index (χ3n) is 2.51. The highest BCUT2D eigenvalue weighted by Crippen LogP contribution is 2.20. The van der Waals surface area contributed by atoms with Gasteiger partial charge in [-0.15, -0.1) is 0 Å². The third kappa shape index (κ3) is 3.74. The van der Waals surface area contributed by atoms with E-state index >= 15 is 0 Å². The Bertz CT molecular complexity index is 313. The molecule has 0 fully saturated rings. The minimum Gasteiger partial charge on any atom is -0.489 e. The quantitative estimate of drug-likeness (QED) is 0.802. The predicted octanol–water partition coefficient (Wildman–Crippen LogP) is 2.26. The van der Waals surface area contributed by atoms with Gasteiger partial charge in [0, 0.05) is 32.4 Å². The van der Waals surface area contributed by atoms with E-state index in [1.54, 1.807) is 0 Å². The third-order valence-corrected chi connectivity index (χ3v) is 2.51. The van der Waals surface area contributed by atoms with Crippen molar-refractivity contribution in [2.75, 3.05) is 25.5 Å². The molecule has 0 spiro atoms. The second-order valence-corrected chi connectivity index (χ2v) is 4.16. The van der Waals surface area contributed by atoms with Crippen LogP contribution in [0.4, 0.5) is 5.69 Å². The highest BCUT2D eigenvalue weighted by Gasteiger charge is 2.07. The van der Waals surface area contributed by atoms with Crippen LogP contribution in [0.25, 0.3) is 0 Å². The molecule has 0 amide bonds. The number of hydrogen-bond acceptors (Lipinski definition) is 3. The van der Waals surface area contributed by atoms with Gasteiger partial charge in [0.1, 0.15) is 11.9 Å². The van der Waals surface area contributed by atoms with E-state index in [0.29, 0.717) is 6.54 Å². The Hall–Kier alpha value is -1.22. The van der Waals surface area contributed by atoms with Crippen molar-refractivity contribution in [2.24, 2.45) is 5.73 Å². The minimum atomic E-state index is 0.127. The minimum absolute atomic E-state index is 0.127. The maximum absolute atomic E-state index is 5.84. The molecule has 0 aliphatic carbocycles. The summed E-state index contributed by atoms with van der Waals surface area (Å²) in [6.07, 6.45) is 2.22. The van der Waals surface area contributed by atoms with Gasteiger partial charge in [-0.25, -0.2) is 0 Å². The fourth-order valence-corrected chi connectivity index (χ4v) is 1.57. The van der Waals surface area contributed by atoms with Gasteiger partial charge in [0.2, 0.25) is 0 Å². The smallest absolute Gasteiger partial charge is 0.121 e. The molecule has 0 aromatic heterocycles. The summed E-state index contributed by atoms with van der Waals surface area (Å²) < 4.78 is 5.84. The van der Waals surface area contributed by atoms with Crippen molar-refractivity contribution < 1.29 is 4.74 Å². The number of rotatable bonds is 6. The normalized spacial score (nSPS) is 12.2. The zero-order valence-corrected chi connectivity index (χ0v) is 10.4. The van der Waals surface area contributed by atoms with Crippen LogP contribution in [0.15, 0.2) is 24.3 Å². The predicted molar refractivity (Wildman–Crippen MR) is 69.1 cm³/mol. The van der Waals surface area contributed by atoms with Crippen molar-refractivity contribution in [2.45, 2.75) is 25.9 Å². The molecule has 3 nitrogen and oxygen atoms in total. The first kappa shape index (κ1) is 12.8. The van der Waals surface area contributed by atoms with Crippen LogP contribution in [0.1, 0.15) is 19.8 Å². The number of benzene rings is 1. The van der Waals surface area contributed by atoms with E-state index < -0.39 is 0 Å². The van der Waals surface area contributed by atoms with E-state index in [-0.39, 0.29) is 6.10 Å². The van der Waals surface area contributed by atoms with E-state index in [0.717, 1.165) is 24.3 Å². The largest absolute Gasteiger partial charge is 0.489 e. The van der Waals surface area contributed by atoms with E-state index in [9.17, 15) is 0 Å². The lowest BCUT2D eigenvalue weighted by atomic mass is 10.2. The number of ether oxygens (including phenoxy) is 1. The van der Waals surface area contributed by atoms with Crippen molar-refractivity contribution >= 4 is 5.69 Å². The molecule has 2 N–H and O–H groups in total. The zero-order chi connectivity index (χ0) is 12.0. The summed E-state index contributed by atoms with van der Waals surface area (Å²) >= 11 is 0. The van der Waals surface area contributed by atoms with Crippen molar-refractivity contribution in [3.8, 4) is 5.75 Å². The van der Waals surface area contributed by atoms with Gasteiger partial charge in [-0.2, -0.15) is 0 Å². The lowest BCUT2D eigenvalue weighted by molar-refractivity contribution is 0.198. The second kappa shape index (κ2) is 6.38. The van der Waals surface area contributed by atoms with Gasteiger partial charge in [0.05, 0.1) is 0 Å². The van der Waals surface area contributed by atoms with E-state index in [1.165, 1.54) is 0 Å². The number of nitrogens with zero attached hydrogens (tertiary/aromatic N) is 1. The summed E-state index contributed by atoms with van der Waals surface area (Å²) in [5, 5.41) is 0. The molecule has 0 aliphatic heterocycles. The molecule has 0 bridgehead atoms. The van der Waals surface area contributed by atoms with Crippen LogP contribution in [0, 0.1) is 0 Å². The standard InChI is InChI=1S/C13H22N2O/c1-4-6-13(10-14)16-12-8-5-7-11(9-12)15(2)3/h5,7-9,13H,4,6,10,14H2,1-3H3. The highest BCUT2D eigenvalue weighted by molar-refractivity contribution is 5.49. The average molecular weight is 222 g/mol. The molecule has 0 radical (unpaired) electrons. The Morgan fingerprint density at radius 2 is 2.12 bits per heavy atom. The van der Waals surface area contributed by atoms with Crippen molar-refractivity contribution in [1.29, 1.82) is 0 Å². The SMILES string of the molecule is CCCC(CN)Oc1cccc(N(C)C)c1. The van der Waals surface area contributed by atoms with Crippen LogP contribution in [0.3, 0.4) is 0 Å². The Balaban J connectivity index is 2.68. The van der Waals surface area contributed by atoms with Crippen molar-refractivity contribution in [3.05, 3.63) is 24.3 Å². The molecule has 1 atom stereocenters. The van der Waals surface area contributed by atoms with Crippen LogP contribution in [0.2, 0.25) is 0 Å². The summed E-state index contributed by atoms with van der Waals surface area (Å²) in [5.74, 6) is 0.898. The molecule has 1 unspecified atom stereocenters.